The molecule has 222 valence electrons. The van der Waals surface area contributed by atoms with Crippen molar-refractivity contribution in [1.29, 1.82) is 0 Å². The zero-order valence-electron chi connectivity index (χ0n) is 23.9. The van der Waals surface area contributed by atoms with Gasteiger partial charge in [-0.1, -0.05) is 48.5 Å². The number of imidazole rings is 1. The fourth-order valence-corrected chi connectivity index (χ4v) is 5.66. The van der Waals surface area contributed by atoms with Crippen LogP contribution in [-0.4, -0.2) is 36.8 Å². The second-order valence-electron chi connectivity index (χ2n) is 11.0. The van der Waals surface area contributed by atoms with Gasteiger partial charge >= 0.3 is 0 Å². The number of carbonyl (C=O) groups excluding carboxylic acids is 2. The first kappa shape index (κ1) is 27.9. The minimum Gasteiger partial charge on any atom is -0.504 e. The molecule has 3 aromatic heterocycles. The highest BCUT2D eigenvalue weighted by atomic mass is 19.1. The van der Waals surface area contributed by atoms with Gasteiger partial charge < -0.3 is 16.2 Å². The molecule has 1 aliphatic carbocycles. The van der Waals surface area contributed by atoms with Crippen LogP contribution in [0.5, 0.6) is 5.75 Å². The summed E-state index contributed by atoms with van der Waals surface area (Å²) in [6.07, 6.45) is 2.90. The van der Waals surface area contributed by atoms with Crippen molar-refractivity contribution in [2.45, 2.75) is 24.8 Å². The van der Waals surface area contributed by atoms with Gasteiger partial charge in [-0.15, -0.1) is 0 Å². The summed E-state index contributed by atoms with van der Waals surface area (Å²) in [6.45, 7) is 0.213. The molecule has 3 heterocycles. The Labute approximate surface area is 257 Å². The van der Waals surface area contributed by atoms with Gasteiger partial charge in [0.2, 0.25) is 5.91 Å². The van der Waals surface area contributed by atoms with Gasteiger partial charge in [0, 0.05) is 29.6 Å². The van der Waals surface area contributed by atoms with E-state index in [0.717, 1.165) is 22.5 Å². The topological polar surface area (TPSA) is 136 Å². The lowest BCUT2D eigenvalue weighted by Crippen LogP contribution is -2.35. The number of benzene rings is 3. The largest absolute Gasteiger partial charge is 0.504 e. The highest BCUT2D eigenvalue weighted by molar-refractivity contribution is 5.92. The molecule has 0 bridgehead atoms. The van der Waals surface area contributed by atoms with Gasteiger partial charge in [-0.05, 0) is 60.9 Å². The second kappa shape index (κ2) is 11.0. The molecule has 0 saturated heterocycles. The number of rotatable bonds is 8. The average molecular weight is 599 g/mol. The van der Waals surface area contributed by atoms with Crippen molar-refractivity contribution in [2.24, 2.45) is 0 Å². The molecule has 1 saturated carbocycles. The molecule has 6 aromatic rings. The summed E-state index contributed by atoms with van der Waals surface area (Å²) in [4.78, 5) is 38.4. The molecule has 0 spiro atoms. The molecule has 1 amide bonds. The van der Waals surface area contributed by atoms with E-state index in [2.05, 4.69) is 10.3 Å². The average Bonchev–Trinajstić information content (AvgIpc) is 3.80. The van der Waals surface area contributed by atoms with Crippen LogP contribution in [0.2, 0.25) is 0 Å². The maximum Gasteiger partial charge on any atom is 0.231 e. The Kier molecular flexibility index (Phi) is 6.81. The molecule has 1 fully saturated rings. The number of phenolic OH excluding ortho intramolecular Hbond substituents is 1. The van der Waals surface area contributed by atoms with Crippen molar-refractivity contribution < 1.29 is 19.1 Å². The van der Waals surface area contributed by atoms with Gasteiger partial charge in [-0.2, -0.15) is 0 Å². The molecule has 0 aliphatic heterocycles. The Bertz CT molecular complexity index is 2090. The zero-order chi connectivity index (χ0) is 31.1. The number of hydrogen-bond donors (Lipinski definition) is 3. The normalized spacial score (nSPS) is 13.4. The smallest absolute Gasteiger partial charge is 0.231 e. The van der Waals surface area contributed by atoms with Crippen LogP contribution in [0.25, 0.3) is 39.5 Å². The van der Waals surface area contributed by atoms with Crippen LogP contribution in [0.3, 0.4) is 0 Å². The van der Waals surface area contributed by atoms with Crippen LogP contribution in [0.15, 0.2) is 97.2 Å². The van der Waals surface area contributed by atoms with E-state index >= 15 is 0 Å². The fraction of sp³-hybridized carbons (Fsp3) is 0.114. The van der Waals surface area contributed by atoms with Crippen molar-refractivity contribution in [2.75, 3.05) is 5.73 Å². The summed E-state index contributed by atoms with van der Waals surface area (Å²) in [5.41, 5.74) is 10.5. The third-order valence-electron chi connectivity index (χ3n) is 8.28. The minimum absolute atomic E-state index is 0.0926. The highest BCUT2D eigenvalue weighted by Crippen LogP contribution is 2.50. The van der Waals surface area contributed by atoms with Crippen LogP contribution in [-0.2, 0) is 16.8 Å². The van der Waals surface area contributed by atoms with Gasteiger partial charge in [0.1, 0.15) is 11.3 Å². The maximum absolute atomic E-state index is 14.9. The van der Waals surface area contributed by atoms with E-state index in [4.69, 9.17) is 15.7 Å². The van der Waals surface area contributed by atoms with E-state index in [1.165, 1.54) is 12.1 Å². The predicted molar refractivity (Wildman–Crippen MR) is 168 cm³/mol. The second-order valence-corrected chi connectivity index (χ2v) is 11.0. The first-order valence-corrected chi connectivity index (χ1v) is 14.4. The molecule has 0 unspecified atom stereocenters. The molecule has 7 rings (SSSR count). The van der Waals surface area contributed by atoms with Gasteiger partial charge in [-0.25, -0.2) is 19.3 Å². The summed E-state index contributed by atoms with van der Waals surface area (Å²) in [5.74, 6) is -1.07. The number of anilines is 1. The number of nitrogen functional groups attached to an aromatic ring is 1. The first-order valence-electron chi connectivity index (χ1n) is 14.4. The van der Waals surface area contributed by atoms with E-state index in [9.17, 15) is 19.1 Å². The fourth-order valence-electron chi connectivity index (χ4n) is 5.66. The van der Waals surface area contributed by atoms with Crippen molar-refractivity contribution in [3.63, 3.8) is 0 Å². The van der Waals surface area contributed by atoms with Crippen molar-refractivity contribution in [3.05, 3.63) is 120 Å². The quantitative estimate of drug-likeness (QED) is 0.190. The summed E-state index contributed by atoms with van der Waals surface area (Å²) < 4.78 is 16.8. The number of aromatic nitrogens is 4. The molecule has 0 atom stereocenters. The number of fused-ring (bicyclic) bond motifs is 1. The number of carbonyl (C=O) groups is 2. The Hall–Kier alpha value is -5.90. The molecule has 9 nitrogen and oxygen atoms in total. The molecule has 10 heteroatoms. The Balaban J connectivity index is 1.19. The third kappa shape index (κ3) is 4.86. The lowest BCUT2D eigenvalue weighted by molar-refractivity contribution is -0.123. The number of phenols is 1. The molecule has 1 aliphatic rings. The predicted octanol–water partition coefficient (Wildman–Crippen LogP) is 5.74. The summed E-state index contributed by atoms with van der Waals surface area (Å²) in [6, 6.07) is 27.8. The van der Waals surface area contributed by atoms with Crippen molar-refractivity contribution >= 4 is 29.2 Å². The van der Waals surface area contributed by atoms with Gasteiger partial charge in [-0.3, -0.25) is 14.2 Å². The third-order valence-corrected chi connectivity index (χ3v) is 8.28. The highest BCUT2D eigenvalue weighted by Gasteiger charge is 2.53. The SMILES string of the molecule is Nc1ncccc1-c1nc2ccc(-c3ccccc3)nc2n1-c1ccc(CNC(=O)C2(c3ccc(C=O)c(O)c3F)CC2)cc1. The van der Waals surface area contributed by atoms with Gasteiger partial charge in [0.25, 0.3) is 0 Å². The summed E-state index contributed by atoms with van der Waals surface area (Å²) >= 11 is 0. The number of aromatic hydroxyl groups is 1. The van der Waals surface area contributed by atoms with Crippen molar-refractivity contribution in [1.82, 2.24) is 24.8 Å². The van der Waals surface area contributed by atoms with Crippen LogP contribution in [0, 0.1) is 5.82 Å². The number of nitrogens with two attached hydrogens (primary N) is 1. The molecular weight excluding hydrogens is 571 g/mol. The zero-order valence-corrected chi connectivity index (χ0v) is 23.9. The number of aldehydes is 1. The first-order chi connectivity index (χ1) is 21.9. The van der Waals surface area contributed by atoms with E-state index < -0.39 is 17.0 Å². The van der Waals surface area contributed by atoms with E-state index in [0.29, 0.717) is 47.5 Å². The Morgan fingerprint density at radius 2 is 1.76 bits per heavy atom. The lowest BCUT2D eigenvalue weighted by Gasteiger charge is -2.18. The molecule has 3 aromatic carbocycles. The Morgan fingerprint density at radius 1 is 0.978 bits per heavy atom. The summed E-state index contributed by atoms with van der Waals surface area (Å²) in [7, 11) is 0. The van der Waals surface area contributed by atoms with E-state index in [1.54, 1.807) is 12.3 Å². The standard InChI is InChI=1S/C35H27FN6O3/c36-29-26(13-10-23(20-43)30(29)44)35(16-17-35)34(45)39-19-21-8-11-24(12-9-21)42-32(25-7-4-18-38-31(25)37)41-28-15-14-27(40-33(28)42)22-5-2-1-3-6-22/h1-15,18,20,44H,16-17,19H2,(H2,37,38)(H,39,45). The van der Waals surface area contributed by atoms with Crippen LogP contribution in [0.1, 0.15) is 34.3 Å². The minimum atomic E-state index is -1.07. The molecule has 0 radical (unpaired) electrons. The van der Waals surface area contributed by atoms with E-state index in [-0.39, 0.29) is 23.6 Å². The number of amides is 1. The number of nitrogens with zero attached hydrogens (tertiary/aromatic N) is 4. The maximum atomic E-state index is 14.9. The van der Waals surface area contributed by atoms with Gasteiger partial charge in [0.15, 0.2) is 29.3 Å². The Morgan fingerprint density at radius 3 is 2.47 bits per heavy atom. The lowest BCUT2D eigenvalue weighted by atomic mass is 9.92. The molecule has 45 heavy (non-hydrogen) atoms. The van der Waals surface area contributed by atoms with Crippen LogP contribution in [0.4, 0.5) is 10.2 Å². The molecule has 4 N–H and O–H groups in total. The van der Waals surface area contributed by atoms with E-state index in [1.807, 2.05) is 77.4 Å². The number of nitrogens with one attached hydrogen (secondary N) is 1. The number of pyridine rings is 2. The van der Waals surface area contributed by atoms with Crippen LogP contribution >= 0.6 is 0 Å². The molecular formula is C35H27FN6O3. The van der Waals surface area contributed by atoms with Crippen LogP contribution < -0.4 is 11.1 Å². The monoisotopic (exact) mass is 598 g/mol. The number of halogens is 1. The number of hydrogen-bond acceptors (Lipinski definition) is 7. The summed E-state index contributed by atoms with van der Waals surface area (Å²) in [5, 5.41) is 13.0. The van der Waals surface area contributed by atoms with Gasteiger partial charge in [0.05, 0.1) is 22.2 Å². The van der Waals surface area contributed by atoms with Crippen molar-refractivity contribution in [3.8, 4) is 34.1 Å².